The highest BCUT2D eigenvalue weighted by molar-refractivity contribution is 7.99. The van der Waals surface area contributed by atoms with Gasteiger partial charge in [0.05, 0.1) is 16.3 Å². The lowest BCUT2D eigenvalue weighted by Gasteiger charge is -2.35. The second-order valence-corrected chi connectivity index (χ2v) is 8.35. The number of nitrogens with zero attached hydrogens (tertiary/aromatic N) is 6. The van der Waals surface area contributed by atoms with Gasteiger partial charge >= 0.3 is 6.18 Å². The molecular formula is C20H18ClF3N6OS. The van der Waals surface area contributed by atoms with Gasteiger partial charge in [-0.3, -0.25) is 9.36 Å². The van der Waals surface area contributed by atoms with Crippen LogP contribution in [0.15, 0.2) is 54.1 Å². The Morgan fingerprint density at radius 1 is 1.12 bits per heavy atom. The van der Waals surface area contributed by atoms with Gasteiger partial charge in [0.1, 0.15) is 12.1 Å². The predicted molar refractivity (Wildman–Crippen MR) is 115 cm³/mol. The minimum absolute atomic E-state index is 0.0521. The maximum absolute atomic E-state index is 12.8. The van der Waals surface area contributed by atoms with Crippen molar-refractivity contribution < 1.29 is 18.0 Å². The summed E-state index contributed by atoms with van der Waals surface area (Å²) in [6, 6.07) is 10.5. The summed E-state index contributed by atoms with van der Waals surface area (Å²) in [7, 11) is 0. The van der Waals surface area contributed by atoms with Crippen molar-refractivity contribution in [1.82, 2.24) is 24.6 Å². The van der Waals surface area contributed by atoms with Crippen LogP contribution in [0.4, 0.5) is 19.0 Å². The lowest BCUT2D eigenvalue weighted by molar-refractivity contribution is -0.137. The number of aromatic nitrogens is 4. The first-order valence-electron chi connectivity index (χ1n) is 9.66. The molecule has 1 aliphatic rings. The summed E-state index contributed by atoms with van der Waals surface area (Å²) >= 11 is 7.33. The molecule has 7 nitrogen and oxygen atoms in total. The Morgan fingerprint density at radius 3 is 2.50 bits per heavy atom. The van der Waals surface area contributed by atoms with E-state index in [0.717, 1.165) is 18.0 Å². The van der Waals surface area contributed by atoms with Gasteiger partial charge in [-0.2, -0.15) is 13.2 Å². The zero-order chi connectivity index (χ0) is 22.7. The standard InChI is InChI=1S/C20H18ClF3N6OS/c21-16-10-14(20(22,23)24)11-25-18(16)29-8-6-28(7-9-29)17(31)12-32-19-27-26-13-30(19)15-4-2-1-3-5-15/h1-5,10-11,13H,6-9,12H2. The van der Waals surface area contributed by atoms with Gasteiger partial charge in [0.15, 0.2) is 5.16 Å². The van der Waals surface area contributed by atoms with Crippen LogP contribution in [0.5, 0.6) is 0 Å². The fourth-order valence-corrected chi connectivity index (χ4v) is 4.41. The second-order valence-electron chi connectivity index (χ2n) is 7.00. The Hall–Kier alpha value is -2.79. The van der Waals surface area contributed by atoms with Gasteiger partial charge < -0.3 is 9.80 Å². The SMILES string of the molecule is O=C(CSc1nncn1-c1ccccc1)N1CCN(c2ncc(C(F)(F)F)cc2Cl)CC1. The first-order chi connectivity index (χ1) is 15.3. The molecule has 0 bridgehead atoms. The monoisotopic (exact) mass is 482 g/mol. The first-order valence-corrected chi connectivity index (χ1v) is 11.0. The molecule has 1 saturated heterocycles. The van der Waals surface area contributed by atoms with Crippen molar-refractivity contribution in [3.8, 4) is 5.69 Å². The number of thioether (sulfide) groups is 1. The largest absolute Gasteiger partial charge is 0.417 e. The van der Waals surface area contributed by atoms with E-state index in [0.29, 0.717) is 31.3 Å². The number of anilines is 1. The molecule has 0 radical (unpaired) electrons. The molecule has 0 spiro atoms. The van der Waals surface area contributed by atoms with Crippen LogP contribution in [0.3, 0.4) is 0 Å². The predicted octanol–water partition coefficient (Wildman–Crippen LogP) is 3.78. The van der Waals surface area contributed by atoms with Crippen molar-refractivity contribution >= 4 is 35.1 Å². The number of pyridine rings is 1. The number of carbonyl (C=O) groups is 1. The van der Waals surface area contributed by atoms with Crippen LogP contribution in [0.1, 0.15) is 5.56 Å². The van der Waals surface area contributed by atoms with Crippen LogP contribution in [-0.2, 0) is 11.0 Å². The van der Waals surface area contributed by atoms with E-state index in [1.54, 1.807) is 16.1 Å². The first kappa shape index (κ1) is 22.4. The van der Waals surface area contributed by atoms with E-state index in [-0.39, 0.29) is 22.5 Å². The molecule has 0 atom stereocenters. The van der Waals surface area contributed by atoms with Crippen LogP contribution in [-0.4, -0.2) is 62.5 Å². The fourth-order valence-electron chi connectivity index (χ4n) is 3.29. The minimum Gasteiger partial charge on any atom is -0.352 e. The van der Waals surface area contributed by atoms with Crippen molar-refractivity contribution in [2.24, 2.45) is 0 Å². The van der Waals surface area contributed by atoms with Crippen LogP contribution in [0, 0.1) is 0 Å². The molecule has 1 aliphatic heterocycles. The zero-order valence-corrected chi connectivity index (χ0v) is 18.2. The van der Waals surface area contributed by atoms with E-state index in [2.05, 4.69) is 15.2 Å². The van der Waals surface area contributed by atoms with Crippen molar-refractivity contribution in [1.29, 1.82) is 0 Å². The average molecular weight is 483 g/mol. The summed E-state index contributed by atoms with van der Waals surface area (Å²) in [6.07, 6.45) is -2.12. The Bertz CT molecular complexity index is 1090. The molecule has 0 unspecified atom stereocenters. The molecule has 32 heavy (non-hydrogen) atoms. The molecule has 0 N–H and O–H groups in total. The molecule has 2 aromatic heterocycles. The summed E-state index contributed by atoms with van der Waals surface area (Å²) in [5, 5.41) is 8.58. The van der Waals surface area contributed by atoms with Crippen LogP contribution in [0.25, 0.3) is 5.69 Å². The van der Waals surface area contributed by atoms with Crippen LogP contribution >= 0.6 is 23.4 Å². The number of halogens is 4. The molecule has 0 aliphatic carbocycles. The molecule has 1 aromatic carbocycles. The van der Waals surface area contributed by atoms with E-state index in [4.69, 9.17) is 11.6 Å². The van der Waals surface area contributed by atoms with Gasteiger partial charge in [0, 0.05) is 38.1 Å². The van der Waals surface area contributed by atoms with Gasteiger partial charge in [-0.25, -0.2) is 4.98 Å². The molecule has 0 saturated carbocycles. The molecule has 3 aromatic rings. The minimum atomic E-state index is -4.50. The van der Waals surface area contributed by atoms with E-state index >= 15 is 0 Å². The normalized spacial score (nSPS) is 14.6. The number of rotatable bonds is 5. The highest BCUT2D eigenvalue weighted by atomic mass is 35.5. The quantitative estimate of drug-likeness (QED) is 0.516. The van der Waals surface area contributed by atoms with Crippen molar-refractivity contribution in [3.63, 3.8) is 0 Å². The molecule has 3 heterocycles. The number of piperazine rings is 1. The van der Waals surface area contributed by atoms with Crippen molar-refractivity contribution in [2.75, 3.05) is 36.8 Å². The third kappa shape index (κ3) is 4.99. The second kappa shape index (κ2) is 9.37. The summed E-state index contributed by atoms with van der Waals surface area (Å²) in [5.41, 5.74) is 0.0161. The third-order valence-electron chi connectivity index (χ3n) is 4.96. The number of para-hydroxylation sites is 1. The van der Waals surface area contributed by atoms with E-state index < -0.39 is 11.7 Å². The average Bonchev–Trinajstić information content (AvgIpc) is 3.26. The molecular weight excluding hydrogens is 465 g/mol. The van der Waals surface area contributed by atoms with Crippen LogP contribution < -0.4 is 4.90 Å². The van der Waals surface area contributed by atoms with E-state index in [1.165, 1.54) is 11.8 Å². The maximum Gasteiger partial charge on any atom is 0.417 e. The topological polar surface area (TPSA) is 67.2 Å². The summed E-state index contributed by atoms with van der Waals surface area (Å²) in [4.78, 5) is 20.1. The van der Waals surface area contributed by atoms with Gasteiger partial charge in [-0.15, -0.1) is 10.2 Å². The van der Waals surface area contributed by atoms with Gasteiger partial charge in [-0.05, 0) is 18.2 Å². The Balaban J connectivity index is 1.33. The molecule has 1 fully saturated rings. The van der Waals surface area contributed by atoms with Gasteiger partial charge in [-0.1, -0.05) is 41.6 Å². The lowest BCUT2D eigenvalue weighted by Crippen LogP contribution is -2.49. The molecule has 12 heteroatoms. The Kier molecular flexibility index (Phi) is 6.56. The molecule has 4 rings (SSSR count). The highest BCUT2D eigenvalue weighted by Crippen LogP contribution is 2.33. The smallest absolute Gasteiger partial charge is 0.352 e. The summed E-state index contributed by atoms with van der Waals surface area (Å²) in [6.45, 7) is 1.69. The number of amides is 1. The van der Waals surface area contributed by atoms with E-state index in [1.807, 2.05) is 34.9 Å². The number of carbonyl (C=O) groups excluding carboxylic acids is 1. The van der Waals surface area contributed by atoms with E-state index in [9.17, 15) is 18.0 Å². The fraction of sp³-hybridized carbons (Fsp3) is 0.300. The van der Waals surface area contributed by atoms with Gasteiger partial charge in [0.2, 0.25) is 5.91 Å². The molecule has 168 valence electrons. The third-order valence-corrected chi connectivity index (χ3v) is 6.16. The van der Waals surface area contributed by atoms with Crippen LogP contribution in [0.2, 0.25) is 5.02 Å². The maximum atomic E-state index is 12.8. The zero-order valence-electron chi connectivity index (χ0n) is 16.7. The number of hydrogen-bond acceptors (Lipinski definition) is 6. The van der Waals surface area contributed by atoms with Crippen molar-refractivity contribution in [2.45, 2.75) is 11.3 Å². The molecule has 1 amide bonds. The highest BCUT2D eigenvalue weighted by Gasteiger charge is 2.32. The summed E-state index contributed by atoms with van der Waals surface area (Å²) < 4.78 is 40.2. The number of benzene rings is 1. The lowest BCUT2D eigenvalue weighted by atomic mass is 10.2. The Morgan fingerprint density at radius 2 is 1.84 bits per heavy atom. The number of alkyl halides is 3. The van der Waals surface area contributed by atoms with Crippen molar-refractivity contribution in [3.05, 3.63) is 59.5 Å². The number of hydrogen-bond donors (Lipinski definition) is 0. The summed E-state index contributed by atoms with van der Waals surface area (Å²) in [5.74, 6) is 0.436. The Labute approximate surface area is 191 Å². The van der Waals surface area contributed by atoms with Gasteiger partial charge in [0.25, 0.3) is 0 Å².